The number of ether oxygens (including phenoxy) is 3. The zero-order valence-corrected chi connectivity index (χ0v) is 25.7. The van der Waals surface area contributed by atoms with Crippen LogP contribution in [0, 0.1) is 0 Å². The zero-order chi connectivity index (χ0) is 30.4. The van der Waals surface area contributed by atoms with Crippen molar-refractivity contribution >= 4 is 17.5 Å². The van der Waals surface area contributed by atoms with E-state index in [0.717, 1.165) is 36.9 Å². The van der Waals surface area contributed by atoms with E-state index >= 15 is 0 Å². The number of anilines is 1. The van der Waals surface area contributed by atoms with Gasteiger partial charge >= 0.3 is 0 Å². The first-order valence-corrected chi connectivity index (χ1v) is 15.2. The molecular weight excluding hydrogens is 542 g/mol. The normalized spacial score (nSPS) is 16.5. The molecule has 0 bridgehead atoms. The Bertz CT molecular complexity index is 1300. The van der Waals surface area contributed by atoms with Crippen LogP contribution in [0.3, 0.4) is 0 Å². The second-order valence-electron chi connectivity index (χ2n) is 11.1. The highest BCUT2D eigenvalue weighted by molar-refractivity contribution is 5.97. The molecule has 230 valence electrons. The minimum Gasteiger partial charge on any atom is -0.491 e. The van der Waals surface area contributed by atoms with E-state index in [1.165, 1.54) is 0 Å². The van der Waals surface area contributed by atoms with Gasteiger partial charge in [0.25, 0.3) is 11.8 Å². The zero-order valence-electron chi connectivity index (χ0n) is 25.7. The number of amides is 2. The summed E-state index contributed by atoms with van der Waals surface area (Å²) in [7, 11) is 5.60. The van der Waals surface area contributed by atoms with Crippen molar-refractivity contribution in [2.45, 2.75) is 38.1 Å². The number of para-hydroxylation sites is 1. The highest BCUT2D eigenvalue weighted by Gasteiger charge is 2.27. The molecule has 0 radical (unpaired) electrons. The smallest absolute Gasteiger partial charge is 0.260 e. The summed E-state index contributed by atoms with van der Waals surface area (Å²) in [6.07, 6.45) is 4.28. The van der Waals surface area contributed by atoms with Gasteiger partial charge in [-0.3, -0.25) is 9.59 Å². The third kappa shape index (κ3) is 9.48. The Hall–Kier alpha value is -4.04. The standard InChI is InChI=1S/C35H45N3O5/c1-36(2)29-16-13-17-31(25-29)42-27-34(39)38-21-12-5-4-11-20-37(22-23-41-3)35(40)32-18-9-10-19-33(32)43-26-30(38)24-28-14-7-6-8-15-28/h6-10,13-19,25,30H,4-5,11-12,20-24,26-27H2,1-3H3/t30-/m0/s1. The van der Waals surface area contributed by atoms with E-state index in [1.54, 1.807) is 7.11 Å². The van der Waals surface area contributed by atoms with Crippen molar-refractivity contribution in [2.24, 2.45) is 0 Å². The fraction of sp³-hybridized carbons (Fsp3) is 0.429. The minimum atomic E-state index is -0.248. The molecule has 8 nitrogen and oxygen atoms in total. The predicted molar refractivity (Wildman–Crippen MR) is 170 cm³/mol. The van der Waals surface area contributed by atoms with E-state index in [1.807, 2.05) is 95.5 Å². The van der Waals surface area contributed by atoms with Crippen LogP contribution < -0.4 is 14.4 Å². The van der Waals surface area contributed by atoms with Gasteiger partial charge in [-0.15, -0.1) is 0 Å². The molecule has 1 aliphatic rings. The van der Waals surface area contributed by atoms with Crippen LogP contribution in [0.5, 0.6) is 11.5 Å². The van der Waals surface area contributed by atoms with Crippen molar-refractivity contribution in [1.82, 2.24) is 9.80 Å². The quantitative estimate of drug-likeness (QED) is 0.338. The van der Waals surface area contributed by atoms with Gasteiger partial charge < -0.3 is 28.9 Å². The lowest BCUT2D eigenvalue weighted by molar-refractivity contribution is -0.136. The summed E-state index contributed by atoms with van der Waals surface area (Å²) in [6.45, 7) is 2.45. The molecule has 1 aliphatic heterocycles. The maximum atomic E-state index is 13.8. The first-order valence-electron chi connectivity index (χ1n) is 15.2. The van der Waals surface area contributed by atoms with Crippen LogP contribution in [-0.4, -0.2) is 88.3 Å². The van der Waals surface area contributed by atoms with Crippen LogP contribution in [0.15, 0.2) is 78.9 Å². The summed E-state index contributed by atoms with van der Waals surface area (Å²) in [5, 5.41) is 0. The third-order valence-corrected chi connectivity index (χ3v) is 7.75. The summed E-state index contributed by atoms with van der Waals surface area (Å²) in [6, 6.07) is 25.0. The molecule has 0 unspecified atom stereocenters. The second kappa shape index (κ2) is 16.6. The number of carbonyl (C=O) groups excluding carboxylic acids is 2. The maximum absolute atomic E-state index is 13.8. The molecule has 0 saturated carbocycles. The van der Waals surface area contributed by atoms with Gasteiger partial charge in [-0.05, 0) is 49.1 Å². The molecule has 43 heavy (non-hydrogen) atoms. The van der Waals surface area contributed by atoms with Gasteiger partial charge in [0.1, 0.15) is 18.1 Å². The topological polar surface area (TPSA) is 71.6 Å². The second-order valence-corrected chi connectivity index (χ2v) is 11.1. The molecule has 2 amide bonds. The van der Waals surface area contributed by atoms with Crippen LogP contribution in [-0.2, 0) is 16.0 Å². The van der Waals surface area contributed by atoms with Crippen LogP contribution in [0.25, 0.3) is 0 Å². The molecule has 0 aromatic heterocycles. The lowest BCUT2D eigenvalue weighted by Crippen LogP contribution is -2.47. The molecule has 0 N–H and O–H groups in total. The number of fused-ring (bicyclic) bond motifs is 1. The Morgan fingerprint density at radius 2 is 1.67 bits per heavy atom. The highest BCUT2D eigenvalue weighted by atomic mass is 16.5. The maximum Gasteiger partial charge on any atom is 0.260 e. The monoisotopic (exact) mass is 587 g/mol. The van der Waals surface area contributed by atoms with Gasteiger partial charge in [0, 0.05) is 52.6 Å². The Balaban J connectivity index is 1.59. The van der Waals surface area contributed by atoms with Gasteiger partial charge in [0.05, 0.1) is 18.2 Å². The largest absolute Gasteiger partial charge is 0.491 e. The minimum absolute atomic E-state index is 0.0638. The predicted octanol–water partition coefficient (Wildman–Crippen LogP) is 5.31. The van der Waals surface area contributed by atoms with E-state index in [2.05, 4.69) is 12.1 Å². The SMILES string of the molecule is COCCN1CCCCCCN(C(=O)COc2cccc(N(C)C)c2)[C@@H](Cc2ccccc2)COc2ccccc2C1=O. The summed E-state index contributed by atoms with van der Waals surface area (Å²) >= 11 is 0. The van der Waals surface area contributed by atoms with Crippen molar-refractivity contribution in [3.05, 3.63) is 90.0 Å². The van der Waals surface area contributed by atoms with Gasteiger partial charge in [-0.2, -0.15) is 0 Å². The van der Waals surface area contributed by atoms with Crippen molar-refractivity contribution in [3.63, 3.8) is 0 Å². The average Bonchev–Trinajstić information content (AvgIpc) is 3.03. The van der Waals surface area contributed by atoms with Gasteiger partial charge in [-0.1, -0.05) is 61.4 Å². The highest BCUT2D eigenvalue weighted by Crippen LogP contribution is 2.24. The molecule has 3 aromatic rings. The van der Waals surface area contributed by atoms with Crippen molar-refractivity contribution in [2.75, 3.05) is 65.6 Å². The van der Waals surface area contributed by atoms with E-state index in [9.17, 15) is 9.59 Å². The Morgan fingerprint density at radius 1 is 0.930 bits per heavy atom. The third-order valence-electron chi connectivity index (χ3n) is 7.75. The molecule has 0 spiro atoms. The van der Waals surface area contributed by atoms with E-state index < -0.39 is 0 Å². The molecule has 1 atom stereocenters. The number of nitrogens with zero attached hydrogens (tertiary/aromatic N) is 3. The number of methoxy groups -OCH3 is 1. The number of rotatable bonds is 9. The van der Waals surface area contributed by atoms with Gasteiger partial charge in [0.15, 0.2) is 6.61 Å². The molecule has 1 heterocycles. The molecule has 0 aliphatic carbocycles. The fourth-order valence-electron chi connectivity index (χ4n) is 5.32. The van der Waals surface area contributed by atoms with Crippen molar-refractivity contribution in [3.8, 4) is 11.5 Å². The first kappa shape index (κ1) is 31.9. The summed E-state index contributed by atoms with van der Waals surface area (Å²) in [4.78, 5) is 33.3. The molecule has 3 aromatic carbocycles. The number of hydrogen-bond donors (Lipinski definition) is 0. The van der Waals surface area contributed by atoms with Gasteiger partial charge in [-0.25, -0.2) is 0 Å². The fourth-order valence-corrected chi connectivity index (χ4v) is 5.32. The summed E-state index contributed by atoms with van der Waals surface area (Å²) < 4.78 is 17.7. The van der Waals surface area contributed by atoms with Crippen LogP contribution in [0.4, 0.5) is 5.69 Å². The first-order chi connectivity index (χ1) is 21.0. The molecule has 4 rings (SSSR count). The Morgan fingerprint density at radius 3 is 2.44 bits per heavy atom. The van der Waals surface area contributed by atoms with Crippen molar-refractivity contribution < 1.29 is 23.8 Å². The molecular formula is C35H45N3O5. The Labute approximate surface area is 256 Å². The molecule has 0 saturated heterocycles. The van der Waals surface area contributed by atoms with Crippen LogP contribution in [0.1, 0.15) is 41.6 Å². The summed E-state index contributed by atoms with van der Waals surface area (Å²) in [5.74, 6) is 1.03. The lowest BCUT2D eigenvalue weighted by Gasteiger charge is -2.33. The lowest BCUT2D eigenvalue weighted by atomic mass is 10.0. The van der Waals surface area contributed by atoms with Crippen LogP contribution >= 0.6 is 0 Å². The Kier molecular flexibility index (Phi) is 12.3. The number of hydrogen-bond acceptors (Lipinski definition) is 6. The summed E-state index contributed by atoms with van der Waals surface area (Å²) in [5.41, 5.74) is 2.65. The number of carbonyl (C=O) groups is 2. The van der Waals surface area contributed by atoms with Crippen molar-refractivity contribution in [1.29, 1.82) is 0 Å². The van der Waals surface area contributed by atoms with Gasteiger partial charge in [0.2, 0.25) is 0 Å². The number of benzene rings is 3. The average molecular weight is 588 g/mol. The molecule has 0 fully saturated rings. The molecule has 8 heteroatoms. The van der Waals surface area contributed by atoms with E-state index in [0.29, 0.717) is 49.7 Å². The van der Waals surface area contributed by atoms with E-state index in [4.69, 9.17) is 14.2 Å². The van der Waals surface area contributed by atoms with E-state index in [-0.39, 0.29) is 31.1 Å². The van der Waals surface area contributed by atoms with Crippen LogP contribution in [0.2, 0.25) is 0 Å².